The Balaban J connectivity index is 2.06. The van der Waals surface area contributed by atoms with Crippen molar-refractivity contribution in [3.63, 3.8) is 0 Å². The highest BCUT2D eigenvalue weighted by Gasteiger charge is 2.34. The number of carbonyl (C=O) groups excluding carboxylic acids is 2. The van der Waals surface area contributed by atoms with Crippen LogP contribution in [0.3, 0.4) is 0 Å². The van der Waals surface area contributed by atoms with Crippen LogP contribution >= 0.6 is 0 Å². The van der Waals surface area contributed by atoms with E-state index in [0.717, 1.165) is 9.87 Å². The molecule has 1 atom stereocenters. The molecule has 7 nitrogen and oxygen atoms in total. The molecule has 0 aliphatic carbocycles. The third kappa shape index (κ3) is 7.22. The van der Waals surface area contributed by atoms with Crippen molar-refractivity contribution in [2.24, 2.45) is 0 Å². The maximum atomic E-state index is 14.0. The molecule has 0 spiro atoms. The van der Waals surface area contributed by atoms with E-state index >= 15 is 0 Å². The Morgan fingerprint density at radius 2 is 1.42 bits per heavy atom. The Hall–Kier alpha value is -3.65. The molecule has 2 amide bonds. The number of hydrogen-bond acceptors (Lipinski definition) is 4. The van der Waals surface area contributed by atoms with E-state index in [0.29, 0.717) is 17.7 Å². The van der Waals surface area contributed by atoms with Crippen LogP contribution in [0, 0.1) is 6.92 Å². The summed E-state index contributed by atoms with van der Waals surface area (Å²) in [4.78, 5) is 28.9. The van der Waals surface area contributed by atoms with Crippen LogP contribution in [0.25, 0.3) is 0 Å². The minimum atomic E-state index is -4.07. The minimum absolute atomic E-state index is 0.0863. The van der Waals surface area contributed by atoms with E-state index in [4.69, 9.17) is 0 Å². The van der Waals surface area contributed by atoms with Crippen molar-refractivity contribution in [2.45, 2.75) is 64.1 Å². The molecule has 0 aliphatic heterocycles. The largest absolute Gasteiger partial charge is 0.350 e. The van der Waals surface area contributed by atoms with Gasteiger partial charge in [-0.05, 0) is 63.4 Å². The Bertz CT molecular complexity index is 1340. The van der Waals surface area contributed by atoms with Gasteiger partial charge in [0.15, 0.2) is 0 Å². The van der Waals surface area contributed by atoms with Crippen molar-refractivity contribution in [2.75, 3.05) is 10.8 Å². The molecule has 0 bridgehead atoms. The molecule has 0 saturated heterocycles. The SMILES string of the molecule is CC[C@@H](C(=O)NC(C)(C)C)N(Cc1ccccc1)C(=O)CN(c1ccccc1C)S(=O)(=O)c1ccccc1. The lowest BCUT2D eigenvalue weighted by molar-refractivity contribution is -0.141. The molecule has 0 aliphatic rings. The second kappa shape index (κ2) is 12.3. The highest BCUT2D eigenvalue weighted by atomic mass is 32.2. The van der Waals surface area contributed by atoms with Crippen LogP contribution in [0.5, 0.6) is 0 Å². The van der Waals surface area contributed by atoms with Gasteiger partial charge in [0, 0.05) is 12.1 Å². The van der Waals surface area contributed by atoms with Crippen molar-refractivity contribution >= 4 is 27.5 Å². The van der Waals surface area contributed by atoms with Gasteiger partial charge in [0.1, 0.15) is 12.6 Å². The van der Waals surface area contributed by atoms with Crippen molar-refractivity contribution in [3.05, 3.63) is 96.1 Å². The highest BCUT2D eigenvalue weighted by molar-refractivity contribution is 7.92. The normalized spacial score (nSPS) is 12.4. The van der Waals surface area contributed by atoms with E-state index in [-0.39, 0.29) is 17.3 Å². The molecular weight excluding hydrogens is 498 g/mol. The maximum absolute atomic E-state index is 14.0. The van der Waals surface area contributed by atoms with E-state index in [1.54, 1.807) is 43.3 Å². The van der Waals surface area contributed by atoms with Crippen LogP contribution in [-0.2, 0) is 26.2 Å². The summed E-state index contributed by atoms with van der Waals surface area (Å²) in [6.07, 6.45) is 0.371. The fraction of sp³-hybridized carbons (Fsp3) is 0.333. The van der Waals surface area contributed by atoms with Crippen molar-refractivity contribution in [1.82, 2.24) is 10.2 Å². The predicted molar refractivity (Wildman–Crippen MR) is 151 cm³/mol. The van der Waals surface area contributed by atoms with E-state index in [2.05, 4.69) is 5.32 Å². The minimum Gasteiger partial charge on any atom is -0.350 e. The maximum Gasteiger partial charge on any atom is 0.264 e. The topological polar surface area (TPSA) is 86.8 Å². The number of aryl methyl sites for hydroxylation is 1. The molecular formula is C30H37N3O4S. The van der Waals surface area contributed by atoms with E-state index in [1.165, 1.54) is 17.0 Å². The molecule has 0 heterocycles. The van der Waals surface area contributed by atoms with Crippen LogP contribution in [0.1, 0.15) is 45.2 Å². The Kier molecular flexibility index (Phi) is 9.33. The smallest absolute Gasteiger partial charge is 0.264 e. The first-order valence-electron chi connectivity index (χ1n) is 12.7. The second-order valence-corrected chi connectivity index (χ2v) is 12.1. The lowest BCUT2D eigenvalue weighted by Gasteiger charge is -2.35. The zero-order chi connectivity index (χ0) is 27.9. The van der Waals surface area contributed by atoms with Gasteiger partial charge < -0.3 is 10.2 Å². The molecule has 3 rings (SSSR count). The van der Waals surface area contributed by atoms with Crippen LogP contribution in [0.15, 0.2) is 89.8 Å². The first-order valence-corrected chi connectivity index (χ1v) is 14.2. The van der Waals surface area contributed by atoms with Gasteiger partial charge in [-0.2, -0.15) is 0 Å². The predicted octanol–water partition coefficient (Wildman–Crippen LogP) is 4.91. The monoisotopic (exact) mass is 535 g/mol. The zero-order valence-corrected chi connectivity index (χ0v) is 23.5. The summed E-state index contributed by atoms with van der Waals surface area (Å²) in [6, 6.07) is 23.7. The fourth-order valence-electron chi connectivity index (χ4n) is 4.23. The first kappa shape index (κ1) is 28.9. The molecule has 3 aromatic carbocycles. The number of anilines is 1. The van der Waals surface area contributed by atoms with Gasteiger partial charge in [-0.3, -0.25) is 13.9 Å². The summed E-state index contributed by atoms with van der Waals surface area (Å²) in [5.41, 5.74) is 1.48. The molecule has 0 fully saturated rings. The molecule has 0 aromatic heterocycles. The molecule has 1 N–H and O–H groups in total. The number of hydrogen-bond donors (Lipinski definition) is 1. The average Bonchev–Trinajstić information content (AvgIpc) is 2.87. The zero-order valence-electron chi connectivity index (χ0n) is 22.7. The second-order valence-electron chi connectivity index (χ2n) is 10.3. The van der Waals surface area contributed by atoms with Crippen molar-refractivity contribution in [1.29, 1.82) is 0 Å². The number of rotatable bonds is 10. The number of sulfonamides is 1. The molecule has 8 heteroatoms. The van der Waals surface area contributed by atoms with E-state index in [1.807, 2.05) is 64.1 Å². The lowest BCUT2D eigenvalue weighted by Crippen LogP contribution is -2.55. The Morgan fingerprint density at radius 1 is 0.868 bits per heavy atom. The first-order chi connectivity index (χ1) is 17.9. The van der Waals surface area contributed by atoms with Crippen LogP contribution in [0.2, 0.25) is 0 Å². The average molecular weight is 536 g/mol. The number of carbonyl (C=O) groups is 2. The Morgan fingerprint density at radius 3 is 1.97 bits per heavy atom. The van der Waals surface area contributed by atoms with Gasteiger partial charge >= 0.3 is 0 Å². The number of amides is 2. The van der Waals surface area contributed by atoms with E-state index < -0.39 is 34.1 Å². The number of para-hydroxylation sites is 1. The summed E-state index contributed by atoms with van der Waals surface area (Å²) in [6.45, 7) is 9.02. The molecule has 0 radical (unpaired) electrons. The quantitative estimate of drug-likeness (QED) is 0.400. The standard InChI is InChI=1S/C30H37N3O4S/c1-6-26(29(35)31-30(3,4)5)32(21-24-16-9-7-10-17-24)28(34)22-33(27-20-14-13-15-23(27)2)38(36,37)25-18-11-8-12-19-25/h7-20,26H,6,21-22H2,1-5H3,(H,31,35)/t26-/m0/s1. The summed E-state index contributed by atoms with van der Waals surface area (Å²) >= 11 is 0. The Labute approximate surface area is 226 Å². The van der Waals surface area contributed by atoms with E-state index in [9.17, 15) is 18.0 Å². The van der Waals surface area contributed by atoms with Crippen molar-refractivity contribution in [3.8, 4) is 0 Å². The van der Waals surface area contributed by atoms with Crippen LogP contribution < -0.4 is 9.62 Å². The highest BCUT2D eigenvalue weighted by Crippen LogP contribution is 2.27. The van der Waals surface area contributed by atoms with Crippen LogP contribution in [0.4, 0.5) is 5.69 Å². The summed E-state index contributed by atoms with van der Waals surface area (Å²) in [7, 11) is -4.07. The molecule has 0 saturated carbocycles. The third-order valence-electron chi connectivity index (χ3n) is 6.07. The fourth-order valence-corrected chi connectivity index (χ4v) is 5.73. The van der Waals surface area contributed by atoms with Gasteiger partial charge in [0.2, 0.25) is 11.8 Å². The van der Waals surface area contributed by atoms with Gasteiger partial charge in [0.05, 0.1) is 10.6 Å². The van der Waals surface area contributed by atoms with Gasteiger partial charge in [0.25, 0.3) is 10.0 Å². The lowest BCUT2D eigenvalue weighted by atomic mass is 10.1. The summed E-state index contributed by atoms with van der Waals surface area (Å²) in [5.74, 6) is -0.745. The third-order valence-corrected chi connectivity index (χ3v) is 7.85. The van der Waals surface area contributed by atoms with Gasteiger partial charge in [-0.1, -0.05) is 73.7 Å². The van der Waals surface area contributed by atoms with Crippen molar-refractivity contribution < 1.29 is 18.0 Å². The molecule has 0 unspecified atom stereocenters. The number of nitrogens with one attached hydrogen (secondary N) is 1. The summed E-state index contributed by atoms with van der Waals surface area (Å²) in [5, 5.41) is 2.98. The van der Waals surface area contributed by atoms with Gasteiger partial charge in [-0.15, -0.1) is 0 Å². The molecule has 38 heavy (non-hydrogen) atoms. The molecule has 3 aromatic rings. The number of nitrogens with zero attached hydrogens (tertiary/aromatic N) is 2. The molecule has 202 valence electrons. The van der Waals surface area contributed by atoms with Gasteiger partial charge in [-0.25, -0.2) is 8.42 Å². The number of benzene rings is 3. The summed E-state index contributed by atoms with van der Waals surface area (Å²) < 4.78 is 28.8. The van der Waals surface area contributed by atoms with Crippen LogP contribution in [-0.4, -0.2) is 43.3 Å².